The van der Waals surface area contributed by atoms with E-state index in [1.807, 2.05) is 25.1 Å². The molecule has 0 saturated heterocycles. The van der Waals surface area contributed by atoms with Crippen LogP contribution in [-0.4, -0.2) is 5.91 Å². The third-order valence-corrected chi connectivity index (χ3v) is 3.52. The first-order valence-electron chi connectivity index (χ1n) is 5.60. The van der Waals surface area contributed by atoms with Crippen LogP contribution in [0.3, 0.4) is 0 Å². The van der Waals surface area contributed by atoms with Crippen molar-refractivity contribution in [3.8, 4) is 0 Å². The molecule has 1 amide bonds. The predicted molar refractivity (Wildman–Crippen MR) is 82.7 cm³/mol. The molecule has 0 heterocycles. The molecule has 3 nitrogen and oxygen atoms in total. The smallest absolute Gasteiger partial charge is 0.259 e. The van der Waals surface area contributed by atoms with Gasteiger partial charge in [-0.25, -0.2) is 0 Å². The largest absolute Gasteiger partial charge is 0.398 e. The van der Waals surface area contributed by atoms with Crippen LogP contribution in [0.4, 0.5) is 11.4 Å². The van der Waals surface area contributed by atoms with Gasteiger partial charge in [0.2, 0.25) is 0 Å². The number of halogens is 2. The maximum atomic E-state index is 12.2. The standard InChI is InChI=1S/C14H12BrClN2O/c1-8-7-9(15)5-6-12(8)18-14(19)13-10(16)3-2-4-11(13)17/h2-7H,17H2,1H3,(H,18,19). The number of carbonyl (C=O) groups excluding carboxylic acids is 1. The van der Waals surface area contributed by atoms with Crippen molar-refractivity contribution in [2.45, 2.75) is 6.92 Å². The number of nitrogens with two attached hydrogens (primary N) is 1. The van der Waals surface area contributed by atoms with Gasteiger partial charge in [-0.15, -0.1) is 0 Å². The normalized spacial score (nSPS) is 10.3. The molecule has 2 rings (SSSR count). The topological polar surface area (TPSA) is 55.1 Å². The summed E-state index contributed by atoms with van der Waals surface area (Å²) in [6.07, 6.45) is 0. The van der Waals surface area contributed by atoms with Gasteiger partial charge in [0.1, 0.15) is 0 Å². The molecule has 0 bridgehead atoms. The molecule has 0 aromatic heterocycles. The second kappa shape index (κ2) is 5.63. The van der Waals surface area contributed by atoms with Crippen molar-refractivity contribution < 1.29 is 4.79 Å². The number of carbonyl (C=O) groups is 1. The van der Waals surface area contributed by atoms with Crippen LogP contribution in [0.15, 0.2) is 40.9 Å². The molecule has 0 aliphatic heterocycles. The van der Waals surface area contributed by atoms with Gasteiger partial charge < -0.3 is 11.1 Å². The number of nitrogens with one attached hydrogen (secondary N) is 1. The first kappa shape index (κ1) is 13.9. The van der Waals surface area contributed by atoms with Gasteiger partial charge in [0.05, 0.1) is 10.6 Å². The van der Waals surface area contributed by atoms with Crippen molar-refractivity contribution >= 4 is 44.8 Å². The van der Waals surface area contributed by atoms with Gasteiger partial charge in [-0.05, 0) is 42.8 Å². The molecular formula is C14H12BrClN2O. The zero-order valence-corrected chi connectivity index (χ0v) is 12.5. The fraction of sp³-hybridized carbons (Fsp3) is 0.0714. The molecule has 2 aromatic carbocycles. The number of benzene rings is 2. The number of anilines is 2. The lowest BCUT2D eigenvalue weighted by Gasteiger charge is -2.11. The van der Waals surface area contributed by atoms with E-state index in [0.717, 1.165) is 15.7 Å². The van der Waals surface area contributed by atoms with Crippen molar-refractivity contribution in [2.75, 3.05) is 11.1 Å². The molecule has 0 aliphatic rings. The highest BCUT2D eigenvalue weighted by atomic mass is 79.9. The minimum Gasteiger partial charge on any atom is -0.398 e. The van der Waals surface area contributed by atoms with E-state index in [2.05, 4.69) is 21.2 Å². The molecule has 0 atom stereocenters. The summed E-state index contributed by atoms with van der Waals surface area (Å²) < 4.78 is 0.959. The molecule has 0 radical (unpaired) electrons. The van der Waals surface area contributed by atoms with E-state index >= 15 is 0 Å². The van der Waals surface area contributed by atoms with E-state index in [1.54, 1.807) is 18.2 Å². The van der Waals surface area contributed by atoms with E-state index < -0.39 is 0 Å². The maximum absolute atomic E-state index is 12.2. The summed E-state index contributed by atoms with van der Waals surface area (Å²) in [6, 6.07) is 10.6. The highest BCUT2D eigenvalue weighted by Gasteiger charge is 2.14. The number of hydrogen-bond acceptors (Lipinski definition) is 2. The van der Waals surface area contributed by atoms with Crippen LogP contribution in [0, 0.1) is 6.92 Å². The van der Waals surface area contributed by atoms with E-state index in [1.165, 1.54) is 0 Å². The van der Waals surface area contributed by atoms with Crippen LogP contribution in [0.5, 0.6) is 0 Å². The molecule has 0 saturated carbocycles. The summed E-state index contributed by atoms with van der Waals surface area (Å²) in [4.78, 5) is 12.2. The van der Waals surface area contributed by atoms with Crippen molar-refractivity contribution in [1.82, 2.24) is 0 Å². The minimum absolute atomic E-state index is 0.298. The summed E-state index contributed by atoms with van der Waals surface area (Å²) in [5, 5.41) is 3.15. The van der Waals surface area contributed by atoms with Crippen molar-refractivity contribution in [1.29, 1.82) is 0 Å². The van der Waals surface area contributed by atoms with Crippen LogP contribution in [0.2, 0.25) is 5.02 Å². The Morgan fingerprint density at radius 1 is 1.32 bits per heavy atom. The van der Waals surface area contributed by atoms with Gasteiger partial charge >= 0.3 is 0 Å². The Bertz CT molecular complexity index is 623. The number of nitrogen functional groups attached to an aromatic ring is 1. The summed E-state index contributed by atoms with van der Waals surface area (Å²) in [6.45, 7) is 1.91. The number of hydrogen-bond donors (Lipinski definition) is 2. The SMILES string of the molecule is Cc1cc(Br)ccc1NC(=O)c1c(N)cccc1Cl. The first-order valence-corrected chi connectivity index (χ1v) is 6.77. The number of amides is 1. The molecule has 5 heteroatoms. The van der Waals surface area contributed by atoms with Crippen LogP contribution < -0.4 is 11.1 Å². The highest BCUT2D eigenvalue weighted by Crippen LogP contribution is 2.25. The van der Waals surface area contributed by atoms with Gasteiger partial charge in [0, 0.05) is 15.8 Å². The lowest BCUT2D eigenvalue weighted by atomic mass is 10.1. The van der Waals surface area contributed by atoms with Gasteiger partial charge in [-0.3, -0.25) is 4.79 Å². The Morgan fingerprint density at radius 3 is 2.68 bits per heavy atom. The second-order valence-electron chi connectivity index (χ2n) is 4.12. The van der Waals surface area contributed by atoms with Gasteiger partial charge in [-0.2, -0.15) is 0 Å². The fourth-order valence-corrected chi connectivity index (χ4v) is 2.48. The fourth-order valence-electron chi connectivity index (χ4n) is 1.73. The predicted octanol–water partition coefficient (Wildman–Crippen LogP) is 4.25. The quantitative estimate of drug-likeness (QED) is 0.804. The van der Waals surface area contributed by atoms with E-state index in [0.29, 0.717) is 16.3 Å². The van der Waals surface area contributed by atoms with Crippen LogP contribution in [-0.2, 0) is 0 Å². The Morgan fingerprint density at radius 2 is 2.05 bits per heavy atom. The number of aryl methyl sites for hydroxylation is 1. The number of rotatable bonds is 2. The Labute approximate surface area is 124 Å². The molecule has 0 fully saturated rings. The molecule has 3 N–H and O–H groups in total. The first-order chi connectivity index (χ1) is 8.99. The summed E-state index contributed by atoms with van der Waals surface area (Å²) in [7, 11) is 0. The third-order valence-electron chi connectivity index (χ3n) is 2.71. The molecule has 0 unspecified atom stereocenters. The molecule has 0 aliphatic carbocycles. The zero-order chi connectivity index (χ0) is 14.0. The van der Waals surface area contributed by atoms with E-state index in [4.69, 9.17) is 17.3 Å². The monoisotopic (exact) mass is 338 g/mol. The molecule has 98 valence electrons. The summed E-state index contributed by atoms with van der Waals surface area (Å²) >= 11 is 9.38. The zero-order valence-electron chi connectivity index (χ0n) is 10.2. The Hall–Kier alpha value is -1.52. The average Bonchev–Trinajstić information content (AvgIpc) is 2.32. The van der Waals surface area contributed by atoms with E-state index in [9.17, 15) is 4.79 Å². The molecule has 19 heavy (non-hydrogen) atoms. The van der Waals surface area contributed by atoms with Crippen LogP contribution in [0.25, 0.3) is 0 Å². The minimum atomic E-state index is -0.312. The second-order valence-corrected chi connectivity index (χ2v) is 5.44. The average molecular weight is 340 g/mol. The third kappa shape index (κ3) is 3.08. The molecule has 2 aromatic rings. The van der Waals surface area contributed by atoms with Crippen LogP contribution in [0.1, 0.15) is 15.9 Å². The van der Waals surface area contributed by atoms with Crippen molar-refractivity contribution in [3.05, 3.63) is 57.0 Å². The molecular weight excluding hydrogens is 328 g/mol. The van der Waals surface area contributed by atoms with Gasteiger partial charge in [-0.1, -0.05) is 33.6 Å². The lowest BCUT2D eigenvalue weighted by molar-refractivity contribution is 0.102. The molecule has 0 spiro atoms. The maximum Gasteiger partial charge on any atom is 0.259 e. The lowest BCUT2D eigenvalue weighted by Crippen LogP contribution is -2.15. The van der Waals surface area contributed by atoms with Gasteiger partial charge in [0.15, 0.2) is 0 Å². The Balaban J connectivity index is 2.31. The van der Waals surface area contributed by atoms with Crippen molar-refractivity contribution in [3.63, 3.8) is 0 Å². The van der Waals surface area contributed by atoms with Gasteiger partial charge in [0.25, 0.3) is 5.91 Å². The van der Waals surface area contributed by atoms with Crippen LogP contribution >= 0.6 is 27.5 Å². The summed E-state index contributed by atoms with van der Waals surface area (Å²) in [5.41, 5.74) is 8.13. The highest BCUT2D eigenvalue weighted by molar-refractivity contribution is 9.10. The van der Waals surface area contributed by atoms with E-state index in [-0.39, 0.29) is 5.91 Å². The van der Waals surface area contributed by atoms with Crippen molar-refractivity contribution in [2.24, 2.45) is 0 Å². The summed E-state index contributed by atoms with van der Waals surface area (Å²) in [5.74, 6) is -0.312. The Kier molecular flexibility index (Phi) is 4.12.